The van der Waals surface area contributed by atoms with Gasteiger partial charge in [0.1, 0.15) is 22.9 Å². The highest BCUT2D eigenvalue weighted by molar-refractivity contribution is 5.82. The first-order valence-corrected chi connectivity index (χ1v) is 10.5. The fraction of sp³-hybridized carbons (Fsp3) is 0.476. The lowest BCUT2D eigenvalue weighted by atomic mass is 10.2. The Morgan fingerprint density at radius 2 is 1.97 bits per heavy atom. The van der Waals surface area contributed by atoms with Crippen LogP contribution in [0.5, 0.6) is 0 Å². The Labute approximate surface area is 179 Å². The maximum atomic E-state index is 5.49. The maximum Gasteiger partial charge on any atom is 0.182 e. The number of methoxy groups -OCH3 is 1. The standard InChI is InChI=1S/C21H26N8O2/c1-13(12-30-4)29-18-9-19(27-5-7-31-8-6-27)22-10-16(18)24-21(29)17-11-28-15(3)25-26-20(28)14(2)23-17/h9-11,13H,5-8,12H2,1-4H3/t13-/m0/s1. The fourth-order valence-electron chi connectivity index (χ4n) is 4.16. The minimum absolute atomic E-state index is 0.0600. The van der Waals surface area contributed by atoms with Gasteiger partial charge in [-0.1, -0.05) is 0 Å². The number of hydrogen-bond donors (Lipinski definition) is 0. The molecule has 1 atom stereocenters. The zero-order chi connectivity index (χ0) is 21.5. The van der Waals surface area contributed by atoms with Crippen LogP contribution >= 0.6 is 0 Å². The van der Waals surface area contributed by atoms with Gasteiger partial charge in [-0.25, -0.2) is 15.0 Å². The molecule has 0 spiro atoms. The normalized spacial score (nSPS) is 15.8. The lowest BCUT2D eigenvalue weighted by Crippen LogP contribution is -2.36. The van der Waals surface area contributed by atoms with Crippen molar-refractivity contribution < 1.29 is 9.47 Å². The molecule has 31 heavy (non-hydrogen) atoms. The molecule has 1 aliphatic rings. The van der Waals surface area contributed by atoms with Crippen molar-refractivity contribution in [2.75, 3.05) is 44.9 Å². The Morgan fingerprint density at radius 3 is 2.74 bits per heavy atom. The molecule has 0 saturated carbocycles. The Hall–Kier alpha value is -3.11. The van der Waals surface area contributed by atoms with Gasteiger partial charge in [-0.3, -0.25) is 4.40 Å². The predicted molar refractivity (Wildman–Crippen MR) is 116 cm³/mol. The SMILES string of the molecule is COC[C@H](C)n1c(-c2cn3c(C)nnc3c(C)n2)nc2cnc(N3CCOCC3)cc21. The summed E-state index contributed by atoms with van der Waals surface area (Å²) >= 11 is 0. The molecular weight excluding hydrogens is 396 g/mol. The van der Waals surface area contributed by atoms with E-state index in [-0.39, 0.29) is 6.04 Å². The molecule has 0 N–H and O–H groups in total. The summed E-state index contributed by atoms with van der Waals surface area (Å²) in [6, 6.07) is 2.17. The number of imidazole rings is 1. The highest BCUT2D eigenvalue weighted by Gasteiger charge is 2.22. The summed E-state index contributed by atoms with van der Waals surface area (Å²) in [7, 11) is 1.71. The molecule has 4 aromatic heterocycles. The Kier molecular flexibility index (Phi) is 5.03. The van der Waals surface area contributed by atoms with E-state index in [0.717, 1.165) is 58.6 Å². The van der Waals surface area contributed by atoms with E-state index in [1.807, 2.05) is 30.6 Å². The van der Waals surface area contributed by atoms with Crippen LogP contribution in [0.15, 0.2) is 18.5 Å². The number of hydrogen-bond acceptors (Lipinski definition) is 8. The van der Waals surface area contributed by atoms with Crippen molar-refractivity contribution in [3.63, 3.8) is 0 Å². The molecule has 0 radical (unpaired) electrons. The molecular formula is C21H26N8O2. The molecule has 5 heterocycles. The van der Waals surface area contributed by atoms with Gasteiger partial charge in [-0.2, -0.15) is 0 Å². The van der Waals surface area contributed by atoms with Gasteiger partial charge in [0.25, 0.3) is 0 Å². The smallest absolute Gasteiger partial charge is 0.182 e. The molecule has 1 saturated heterocycles. The average molecular weight is 422 g/mol. The third kappa shape index (κ3) is 3.41. The van der Waals surface area contributed by atoms with Crippen LogP contribution in [0.1, 0.15) is 24.5 Å². The molecule has 0 unspecified atom stereocenters. The van der Waals surface area contributed by atoms with E-state index in [9.17, 15) is 0 Å². The number of aromatic nitrogens is 7. The monoisotopic (exact) mass is 422 g/mol. The molecule has 10 heteroatoms. The Balaban J connectivity index is 1.70. The van der Waals surface area contributed by atoms with E-state index in [2.05, 4.69) is 37.6 Å². The van der Waals surface area contributed by atoms with Crippen molar-refractivity contribution in [2.45, 2.75) is 26.8 Å². The van der Waals surface area contributed by atoms with Gasteiger partial charge in [0.05, 0.1) is 43.3 Å². The van der Waals surface area contributed by atoms with E-state index >= 15 is 0 Å². The zero-order valence-electron chi connectivity index (χ0n) is 18.2. The third-order valence-electron chi connectivity index (χ3n) is 5.70. The van der Waals surface area contributed by atoms with Crippen LogP contribution in [0, 0.1) is 13.8 Å². The molecule has 10 nitrogen and oxygen atoms in total. The molecule has 0 bridgehead atoms. The molecule has 0 aromatic carbocycles. The van der Waals surface area contributed by atoms with Crippen LogP contribution in [0.4, 0.5) is 5.82 Å². The third-order valence-corrected chi connectivity index (χ3v) is 5.70. The van der Waals surface area contributed by atoms with E-state index in [1.165, 1.54) is 0 Å². The van der Waals surface area contributed by atoms with Gasteiger partial charge in [0.2, 0.25) is 0 Å². The van der Waals surface area contributed by atoms with Gasteiger partial charge in [0.15, 0.2) is 11.5 Å². The summed E-state index contributed by atoms with van der Waals surface area (Å²) in [5.74, 6) is 2.52. The van der Waals surface area contributed by atoms with E-state index in [4.69, 9.17) is 19.4 Å². The summed E-state index contributed by atoms with van der Waals surface area (Å²) in [5.41, 5.74) is 4.17. The van der Waals surface area contributed by atoms with Crippen molar-refractivity contribution >= 4 is 22.5 Å². The highest BCUT2D eigenvalue weighted by Crippen LogP contribution is 2.30. The second-order valence-electron chi connectivity index (χ2n) is 7.89. The van der Waals surface area contributed by atoms with Gasteiger partial charge in [-0.05, 0) is 20.8 Å². The molecule has 5 rings (SSSR count). The Morgan fingerprint density at radius 1 is 1.16 bits per heavy atom. The van der Waals surface area contributed by atoms with Crippen LogP contribution < -0.4 is 4.90 Å². The van der Waals surface area contributed by atoms with Crippen LogP contribution in [-0.2, 0) is 9.47 Å². The average Bonchev–Trinajstić information content (AvgIpc) is 3.35. The predicted octanol–water partition coefficient (Wildman–Crippen LogP) is 2.20. The van der Waals surface area contributed by atoms with Gasteiger partial charge in [-0.15, -0.1) is 10.2 Å². The van der Waals surface area contributed by atoms with E-state index in [0.29, 0.717) is 19.8 Å². The number of rotatable bonds is 5. The van der Waals surface area contributed by atoms with Crippen LogP contribution in [0.3, 0.4) is 0 Å². The summed E-state index contributed by atoms with van der Waals surface area (Å²) < 4.78 is 15.1. The fourth-order valence-corrected chi connectivity index (χ4v) is 4.16. The largest absolute Gasteiger partial charge is 0.383 e. The number of anilines is 1. The topological polar surface area (TPSA) is 95.5 Å². The lowest BCUT2D eigenvalue weighted by molar-refractivity contribution is 0.122. The van der Waals surface area contributed by atoms with Crippen LogP contribution in [0.25, 0.3) is 28.2 Å². The first-order chi connectivity index (χ1) is 15.1. The minimum atomic E-state index is 0.0600. The van der Waals surface area contributed by atoms with Crippen molar-refractivity contribution in [1.29, 1.82) is 0 Å². The van der Waals surface area contributed by atoms with Crippen molar-refractivity contribution in [3.8, 4) is 11.5 Å². The van der Waals surface area contributed by atoms with Crippen LogP contribution in [0.2, 0.25) is 0 Å². The second kappa shape index (κ2) is 7.86. The first kappa shape index (κ1) is 19.8. The van der Waals surface area contributed by atoms with E-state index in [1.54, 1.807) is 7.11 Å². The van der Waals surface area contributed by atoms with Crippen molar-refractivity contribution in [2.24, 2.45) is 0 Å². The molecule has 162 valence electrons. The van der Waals surface area contributed by atoms with Crippen molar-refractivity contribution in [1.82, 2.24) is 34.1 Å². The summed E-state index contributed by atoms with van der Waals surface area (Å²) in [6.45, 7) is 9.64. The van der Waals surface area contributed by atoms with E-state index < -0.39 is 0 Å². The molecule has 1 fully saturated rings. The van der Waals surface area contributed by atoms with Gasteiger partial charge in [0, 0.05) is 32.5 Å². The molecule has 0 amide bonds. The number of nitrogens with zero attached hydrogens (tertiary/aromatic N) is 8. The number of pyridine rings is 1. The summed E-state index contributed by atoms with van der Waals surface area (Å²) in [6.07, 6.45) is 3.79. The number of aryl methyl sites for hydroxylation is 2. The summed E-state index contributed by atoms with van der Waals surface area (Å²) in [4.78, 5) is 16.6. The highest BCUT2D eigenvalue weighted by atomic mass is 16.5. The number of ether oxygens (including phenoxy) is 2. The molecule has 1 aliphatic heterocycles. The molecule has 4 aromatic rings. The quantitative estimate of drug-likeness (QED) is 0.483. The van der Waals surface area contributed by atoms with Gasteiger partial charge >= 0.3 is 0 Å². The summed E-state index contributed by atoms with van der Waals surface area (Å²) in [5, 5.41) is 8.41. The number of fused-ring (bicyclic) bond motifs is 2. The lowest BCUT2D eigenvalue weighted by Gasteiger charge is -2.28. The number of morpholine rings is 1. The molecule has 0 aliphatic carbocycles. The maximum absolute atomic E-state index is 5.49. The van der Waals surface area contributed by atoms with Crippen LogP contribution in [-0.4, -0.2) is 74.1 Å². The Bertz CT molecular complexity index is 1240. The van der Waals surface area contributed by atoms with Crippen molar-refractivity contribution in [3.05, 3.63) is 30.0 Å². The van der Waals surface area contributed by atoms with Gasteiger partial charge < -0.3 is 18.9 Å². The first-order valence-electron chi connectivity index (χ1n) is 10.5. The zero-order valence-corrected chi connectivity index (χ0v) is 18.2. The minimum Gasteiger partial charge on any atom is -0.383 e. The second-order valence-corrected chi connectivity index (χ2v) is 7.89.